The summed E-state index contributed by atoms with van der Waals surface area (Å²) in [7, 11) is 3.26. The highest BCUT2D eigenvalue weighted by molar-refractivity contribution is 6.09. The van der Waals surface area contributed by atoms with Crippen LogP contribution >= 0.6 is 0 Å². The van der Waals surface area contributed by atoms with Crippen molar-refractivity contribution in [1.82, 2.24) is 0 Å². The highest BCUT2D eigenvalue weighted by atomic mass is 16.6. The van der Waals surface area contributed by atoms with E-state index in [1.165, 1.54) is 30.5 Å². The van der Waals surface area contributed by atoms with E-state index >= 15 is 0 Å². The van der Waals surface area contributed by atoms with Crippen molar-refractivity contribution < 1.29 is 101 Å². The molecule has 0 aliphatic rings. The molecule has 0 heterocycles. The van der Waals surface area contributed by atoms with Crippen molar-refractivity contribution in [3.8, 4) is 57.5 Å². The van der Waals surface area contributed by atoms with Gasteiger partial charge >= 0.3 is 23.9 Å². The molecule has 12 aromatic carbocycles. The average Bonchev–Trinajstić information content (AvgIpc) is 0.768. The molecule has 12 aromatic rings. The summed E-state index contributed by atoms with van der Waals surface area (Å²) in [4.78, 5) is 60.4. The first-order chi connectivity index (χ1) is 63.9. The Labute approximate surface area is 777 Å². The molecule has 0 bridgehead atoms. The zero-order chi connectivity index (χ0) is 95.3. The third kappa shape index (κ3) is 28.7. The number of carbonyl (C=O) groups is 5. The van der Waals surface area contributed by atoms with Crippen LogP contribution in [0.5, 0.6) is 57.5 Å². The second-order valence-corrected chi connectivity index (χ2v) is 33.2. The number of benzene rings is 12. The van der Waals surface area contributed by atoms with E-state index in [0.29, 0.717) is 57.1 Å². The normalized spacial score (nSPS) is 12.9. The lowest BCUT2D eigenvalue weighted by molar-refractivity contribution is -0.143. The predicted molar refractivity (Wildman–Crippen MR) is 512 cm³/mol. The van der Waals surface area contributed by atoms with Crippen LogP contribution in [0.3, 0.4) is 0 Å². The summed E-state index contributed by atoms with van der Waals surface area (Å²) in [6.45, 7) is 27.7. The minimum atomic E-state index is -1.05. The van der Waals surface area contributed by atoms with Crippen LogP contribution in [0.25, 0.3) is 0 Å². The van der Waals surface area contributed by atoms with Crippen molar-refractivity contribution in [2.45, 2.75) is 109 Å². The summed E-state index contributed by atoms with van der Waals surface area (Å²) in [5.74, 6) is 2.69. The van der Waals surface area contributed by atoms with Gasteiger partial charge in [-0.2, -0.15) is 0 Å². The van der Waals surface area contributed by atoms with Gasteiger partial charge in [0, 0.05) is 62.5 Å². The number of hydrogen-bond donors (Lipinski definition) is 4. The van der Waals surface area contributed by atoms with Gasteiger partial charge in [0.25, 0.3) is 0 Å². The smallest absolute Gasteiger partial charge is 0.333 e. The van der Waals surface area contributed by atoms with Gasteiger partial charge in [0.2, 0.25) is 0 Å². The van der Waals surface area contributed by atoms with E-state index in [9.17, 15) is 44.4 Å². The lowest BCUT2D eigenvalue weighted by Crippen LogP contribution is -2.25. The molecule has 21 heteroatoms. The summed E-state index contributed by atoms with van der Waals surface area (Å²) < 4.78 is 67.7. The Bertz CT molecular complexity index is 5860. The molecule has 0 saturated heterocycles. The molecule has 0 aliphatic heterocycles. The van der Waals surface area contributed by atoms with E-state index in [-0.39, 0.29) is 110 Å². The minimum Gasteiger partial charge on any atom is -0.497 e. The number of rotatable bonds is 44. The third-order valence-corrected chi connectivity index (χ3v) is 22.1. The van der Waals surface area contributed by atoms with E-state index < -0.39 is 48.3 Å². The number of aliphatic hydroxyl groups excluding tert-OH is 4. The van der Waals surface area contributed by atoms with E-state index in [4.69, 9.17) is 56.8 Å². The molecule has 0 saturated carbocycles. The number of aryl methyl sites for hydroxylation is 2. The van der Waals surface area contributed by atoms with Crippen LogP contribution in [0.15, 0.2) is 340 Å². The first-order valence-corrected chi connectivity index (χ1v) is 43.5. The maximum Gasteiger partial charge on any atom is 0.333 e. The molecule has 0 aromatic heterocycles. The molecular weight excluding hydrogens is 1680 g/mol. The SMILES string of the molecule is C=C(C)C(=O)OCC(O)COc1ccc(C(c2ccc(OC)cc2)C(c2ccc(OCC(O)COC(=O)C(=C)C)cc2)c2ccc(Oc3ccc(C(=O)c4ccc(C)cc4)cc3)cc2)cc1.C=C(C)C(=O)OCC(O)COc1ccc(C(c2ccc(OC)cc2)C(c2ccc(OCC(O)COC(=O)C(=C)C)cc2)c2ccc(Oc3ccc(C(C)(C)c4ccc(C)cc4)cc3)cc2)cc1. The molecule has 0 spiro atoms. The monoisotopic (exact) mass is 1790 g/mol. The van der Waals surface area contributed by atoms with Crippen molar-refractivity contribution in [3.63, 3.8) is 0 Å². The largest absolute Gasteiger partial charge is 0.497 e. The van der Waals surface area contributed by atoms with Crippen molar-refractivity contribution in [2.75, 3.05) is 67.1 Å². The molecule has 0 aliphatic carbocycles. The molecule has 4 N–H and O–H groups in total. The number of esters is 4. The minimum absolute atomic E-state index is 0.0677. The van der Waals surface area contributed by atoms with Crippen LogP contribution in [0.1, 0.15) is 148 Å². The molecule has 8 atom stereocenters. The summed E-state index contributed by atoms with van der Waals surface area (Å²) in [6, 6.07) is 94.1. The second kappa shape index (κ2) is 47.8. The van der Waals surface area contributed by atoms with Gasteiger partial charge in [0.1, 0.15) is 135 Å². The van der Waals surface area contributed by atoms with Gasteiger partial charge in [-0.1, -0.05) is 209 Å². The molecular formula is C112H114O21. The third-order valence-electron chi connectivity index (χ3n) is 22.1. The van der Waals surface area contributed by atoms with Gasteiger partial charge < -0.3 is 77.3 Å². The van der Waals surface area contributed by atoms with Gasteiger partial charge in [-0.15, -0.1) is 0 Å². The zero-order valence-corrected chi connectivity index (χ0v) is 76.5. The number of ether oxygens (including phenoxy) is 12. The Morgan fingerprint density at radius 1 is 0.263 bits per heavy atom. The first kappa shape index (κ1) is 99.0. The van der Waals surface area contributed by atoms with E-state index in [1.807, 2.05) is 213 Å². The second-order valence-electron chi connectivity index (χ2n) is 33.2. The standard InChI is InChI=1S/C57H60O10.C55H54O11/c1-37(2)55(60)65-35-46(58)33-63-49-25-13-41(14-26-49)53(40-11-23-48(62-8)24-12-40)54(42-15-27-50(28-16-42)64-34-47(59)36-66-56(61)38(3)4)43-17-29-51(30-18-43)67-52-31-21-45(22-32-52)57(6,7)44-19-9-39(5)10-20-44;1-35(2)54(59)64-33-44(56)31-62-47-23-13-39(14-24-47)51(38-11-21-46(61-6)22-12-38)52(40-15-25-48(26-16-40)63-32-45(57)34-65-55(60)36(3)4)41-17-27-49(28-18-41)66-50-29-19-43(20-30-50)53(58)42-9-7-37(5)8-10-42/h9-32,46-47,53-54,58-59H,1,3,33-36H2,2,4-8H3;7-30,44-45,51-52,56-57H,1,3,31-34H2,2,4-6H3. The molecule has 688 valence electrons. The van der Waals surface area contributed by atoms with Crippen LogP contribution in [-0.2, 0) is 43.5 Å². The van der Waals surface area contributed by atoms with E-state index in [2.05, 4.69) is 108 Å². The number of aliphatic hydroxyl groups is 4. The van der Waals surface area contributed by atoms with Crippen LogP contribution < -0.4 is 37.9 Å². The Morgan fingerprint density at radius 3 is 0.662 bits per heavy atom. The average molecular weight is 1800 g/mol. The van der Waals surface area contributed by atoms with E-state index in [0.717, 1.165) is 61.6 Å². The van der Waals surface area contributed by atoms with Crippen molar-refractivity contribution in [1.29, 1.82) is 0 Å². The quantitative estimate of drug-likeness (QED) is 0.0119. The Morgan fingerprint density at radius 2 is 0.444 bits per heavy atom. The molecule has 21 nitrogen and oxygen atoms in total. The molecule has 8 unspecified atom stereocenters. The molecule has 0 radical (unpaired) electrons. The number of carbonyl (C=O) groups excluding carboxylic acids is 5. The fourth-order valence-electron chi connectivity index (χ4n) is 14.5. The zero-order valence-electron chi connectivity index (χ0n) is 76.5. The summed E-state index contributed by atoms with van der Waals surface area (Å²) in [5.41, 5.74) is 14.6. The molecule has 0 amide bonds. The van der Waals surface area contributed by atoms with Crippen LogP contribution in [0.2, 0.25) is 0 Å². The molecule has 133 heavy (non-hydrogen) atoms. The maximum absolute atomic E-state index is 13.1. The van der Waals surface area contributed by atoms with Crippen molar-refractivity contribution >= 4 is 29.7 Å². The van der Waals surface area contributed by atoms with Gasteiger partial charge in [-0.25, -0.2) is 19.2 Å². The van der Waals surface area contributed by atoms with Crippen LogP contribution in [0, 0.1) is 13.8 Å². The summed E-state index contributed by atoms with van der Waals surface area (Å²) >= 11 is 0. The van der Waals surface area contributed by atoms with Gasteiger partial charge in [0.05, 0.1) is 14.2 Å². The lowest BCUT2D eigenvalue weighted by atomic mass is 9.73. The fourth-order valence-corrected chi connectivity index (χ4v) is 14.5. The fraction of sp³-hybridized carbons (Fsp3) is 0.241. The number of ketones is 1. The Kier molecular flexibility index (Phi) is 35.6. The van der Waals surface area contributed by atoms with Gasteiger partial charge in [0.15, 0.2) is 5.78 Å². The van der Waals surface area contributed by atoms with Crippen molar-refractivity contribution in [2.24, 2.45) is 0 Å². The highest BCUT2D eigenvalue weighted by Crippen LogP contribution is 2.48. The molecule has 12 rings (SSSR count). The number of hydrogen-bond acceptors (Lipinski definition) is 21. The predicted octanol–water partition coefficient (Wildman–Crippen LogP) is 20.5. The first-order valence-electron chi connectivity index (χ1n) is 43.5. The summed E-state index contributed by atoms with van der Waals surface area (Å²) in [5, 5.41) is 41.7. The maximum atomic E-state index is 13.1. The lowest BCUT2D eigenvalue weighted by Gasteiger charge is -2.30. The van der Waals surface area contributed by atoms with Gasteiger partial charge in [-0.05, 0) is 231 Å². The Balaban J connectivity index is 0.000000256. The topological polar surface area (TPSA) is 277 Å². The number of methoxy groups -OCH3 is 2. The summed E-state index contributed by atoms with van der Waals surface area (Å²) in [6.07, 6.45) is -4.16. The van der Waals surface area contributed by atoms with Crippen LogP contribution in [0.4, 0.5) is 0 Å². The van der Waals surface area contributed by atoms with Crippen molar-refractivity contribution in [3.05, 3.63) is 418 Å². The molecule has 0 fully saturated rings. The highest BCUT2D eigenvalue weighted by Gasteiger charge is 2.33. The van der Waals surface area contributed by atoms with Crippen LogP contribution in [-0.4, -0.2) is 142 Å². The van der Waals surface area contributed by atoms with Gasteiger partial charge in [-0.3, -0.25) is 4.79 Å². The van der Waals surface area contributed by atoms with E-state index in [1.54, 1.807) is 52.3 Å². The Hall–Kier alpha value is -14.6.